The maximum Gasteiger partial charge on any atom is 0.407 e. The number of rotatable bonds is 24. The zero-order chi connectivity index (χ0) is 76.9. The third-order valence-electron chi connectivity index (χ3n) is 17.5. The Hall–Kier alpha value is -13.0. The lowest BCUT2D eigenvalue weighted by Crippen LogP contribution is -2.32. The van der Waals surface area contributed by atoms with Crippen LogP contribution in [0.2, 0.25) is 0 Å². The monoisotopic (exact) mass is 1490 g/mol. The van der Waals surface area contributed by atoms with Crippen molar-refractivity contribution in [3.8, 4) is 23.1 Å². The van der Waals surface area contributed by atoms with Crippen LogP contribution in [0.3, 0.4) is 0 Å². The van der Waals surface area contributed by atoms with Crippen LogP contribution in [-0.4, -0.2) is 70.6 Å². The summed E-state index contributed by atoms with van der Waals surface area (Å²) >= 11 is 0. The molecule has 22 heteroatoms. The van der Waals surface area contributed by atoms with E-state index in [1.54, 1.807) is 32.2 Å². The van der Waals surface area contributed by atoms with Gasteiger partial charge in [-0.3, -0.25) is 24.0 Å². The molecule has 0 aliphatic heterocycles. The fraction of sp³-hybridized carbons (Fsp3) is 0.205. The molecule has 21 nitrogen and oxygen atoms in total. The number of nitriles is 1. The topological polar surface area (TPSA) is 315 Å². The SMILES string of the molecule is C.CCc1cccc(-n2nc(C)cc2C(=O)Nc2cccc(C(CC(N)=O)c3ccccc3)c2)c1.Cc1cc(C(=O)Nc2cccc(C(CC#N)c3ccccc3)c2)n(-c2cccc(CNC(=O)OC(C)(C)C)c2)n1.Cc1cc(C(=O)Nc2cccc(C(CC(N)=O)c3ccccc3)c2)n(-c2cccc(CN)c2)n1.Cl. The van der Waals surface area contributed by atoms with Crippen molar-refractivity contribution in [3.63, 3.8) is 0 Å². The molecular formula is C88H93ClN14O7. The van der Waals surface area contributed by atoms with E-state index in [4.69, 9.17) is 21.9 Å². The molecule has 0 bridgehead atoms. The zero-order valence-electron chi connectivity index (χ0n) is 61.9. The zero-order valence-corrected chi connectivity index (χ0v) is 62.7. The van der Waals surface area contributed by atoms with Gasteiger partial charge in [-0.1, -0.05) is 178 Å². The Labute approximate surface area is 648 Å². The number of carbonyl (C=O) groups excluding carboxylic acids is 6. The summed E-state index contributed by atoms with van der Waals surface area (Å²) in [6.07, 6.45) is 1.08. The van der Waals surface area contributed by atoms with Gasteiger partial charge in [-0.2, -0.15) is 20.6 Å². The van der Waals surface area contributed by atoms with Gasteiger partial charge in [-0.15, -0.1) is 12.4 Å². The highest BCUT2D eigenvalue weighted by molar-refractivity contribution is 6.05. The van der Waals surface area contributed by atoms with E-state index < -0.39 is 11.7 Å². The number of hydrogen-bond acceptors (Lipinski definition) is 12. The number of primary amides is 2. The van der Waals surface area contributed by atoms with Crippen LogP contribution in [0, 0.1) is 32.1 Å². The molecule has 564 valence electrons. The lowest BCUT2D eigenvalue weighted by molar-refractivity contribution is -0.119. The van der Waals surface area contributed by atoms with E-state index in [1.165, 1.54) is 5.56 Å². The van der Waals surface area contributed by atoms with Gasteiger partial charge in [0.2, 0.25) is 11.8 Å². The molecule has 0 saturated carbocycles. The Bertz CT molecular complexity index is 4970. The summed E-state index contributed by atoms with van der Waals surface area (Å²) in [6.45, 7) is 13.7. The van der Waals surface area contributed by atoms with Gasteiger partial charge in [0, 0.05) is 67.2 Å². The number of nitrogens with two attached hydrogens (primary N) is 3. The first-order chi connectivity index (χ1) is 52.0. The van der Waals surface area contributed by atoms with Crippen molar-refractivity contribution in [2.75, 3.05) is 16.0 Å². The minimum atomic E-state index is -0.585. The average molecular weight is 1490 g/mol. The lowest BCUT2D eigenvalue weighted by atomic mass is 9.88. The van der Waals surface area contributed by atoms with E-state index in [-0.39, 0.29) is 86.5 Å². The van der Waals surface area contributed by atoms with Crippen LogP contribution in [0.25, 0.3) is 17.1 Å². The largest absolute Gasteiger partial charge is 0.444 e. The highest BCUT2D eigenvalue weighted by Crippen LogP contribution is 2.34. The summed E-state index contributed by atoms with van der Waals surface area (Å²) < 4.78 is 10.2. The lowest BCUT2D eigenvalue weighted by Gasteiger charge is -2.19. The Morgan fingerprint density at radius 3 is 1.13 bits per heavy atom. The number of ether oxygens (including phenoxy) is 1. The van der Waals surface area contributed by atoms with Gasteiger partial charge >= 0.3 is 6.09 Å². The Morgan fingerprint density at radius 1 is 0.445 bits per heavy atom. The molecule has 6 amide bonds. The smallest absolute Gasteiger partial charge is 0.407 e. The van der Waals surface area contributed by atoms with Crippen molar-refractivity contribution >= 4 is 65.1 Å². The molecule has 3 aromatic heterocycles. The number of anilines is 3. The van der Waals surface area contributed by atoms with Crippen LogP contribution < -0.4 is 38.5 Å². The maximum atomic E-state index is 13.4. The van der Waals surface area contributed by atoms with Crippen LogP contribution in [-0.2, 0) is 33.8 Å². The van der Waals surface area contributed by atoms with Gasteiger partial charge in [0.25, 0.3) is 17.7 Å². The number of nitrogens with one attached hydrogen (secondary N) is 4. The number of hydrogen-bond donors (Lipinski definition) is 7. The fourth-order valence-corrected chi connectivity index (χ4v) is 12.5. The third kappa shape index (κ3) is 22.8. The number of halogens is 1. The molecule has 3 unspecified atom stereocenters. The van der Waals surface area contributed by atoms with Crippen LogP contribution in [0.5, 0.6) is 0 Å². The first kappa shape index (κ1) is 82.6. The number of aryl methyl sites for hydroxylation is 4. The molecule has 0 spiro atoms. The summed E-state index contributed by atoms with van der Waals surface area (Å²) in [7, 11) is 0. The second-order valence-corrected chi connectivity index (χ2v) is 27.0. The molecule has 110 heavy (non-hydrogen) atoms. The second kappa shape index (κ2) is 39.0. The molecule has 3 heterocycles. The van der Waals surface area contributed by atoms with Gasteiger partial charge in [0.05, 0.1) is 40.2 Å². The van der Waals surface area contributed by atoms with E-state index in [0.29, 0.717) is 58.5 Å². The van der Waals surface area contributed by atoms with Crippen LogP contribution in [0.4, 0.5) is 21.9 Å². The second-order valence-electron chi connectivity index (χ2n) is 27.0. The van der Waals surface area contributed by atoms with Crippen molar-refractivity contribution in [1.82, 2.24) is 34.7 Å². The number of benzene rings is 9. The summed E-state index contributed by atoms with van der Waals surface area (Å²) in [5.74, 6) is -2.13. The maximum absolute atomic E-state index is 13.4. The molecule has 9 aromatic carbocycles. The first-order valence-electron chi connectivity index (χ1n) is 35.5. The predicted octanol–water partition coefficient (Wildman–Crippen LogP) is 16.5. The van der Waals surface area contributed by atoms with Gasteiger partial charge in [-0.05, 0) is 189 Å². The average Bonchev–Trinajstić information content (AvgIpc) is 1.63. The number of nitrogens with zero attached hydrogens (tertiary/aromatic N) is 7. The van der Waals surface area contributed by atoms with E-state index in [2.05, 4.69) is 55.6 Å². The number of alkyl carbamates (subject to hydrolysis) is 1. The van der Waals surface area contributed by atoms with Crippen LogP contribution >= 0.6 is 12.4 Å². The highest BCUT2D eigenvalue weighted by atomic mass is 35.5. The molecule has 3 atom stereocenters. The highest BCUT2D eigenvalue weighted by Gasteiger charge is 2.25. The van der Waals surface area contributed by atoms with Crippen LogP contribution in [0.1, 0.15) is 171 Å². The van der Waals surface area contributed by atoms with Crippen LogP contribution in [0.15, 0.2) is 255 Å². The molecule has 0 aliphatic rings. The van der Waals surface area contributed by atoms with E-state index in [9.17, 15) is 34.0 Å². The normalized spacial score (nSPS) is 11.5. The fourth-order valence-electron chi connectivity index (χ4n) is 12.5. The number of aromatic nitrogens is 6. The molecule has 0 aliphatic carbocycles. The van der Waals surface area contributed by atoms with Gasteiger partial charge in [0.1, 0.15) is 22.7 Å². The third-order valence-corrected chi connectivity index (χ3v) is 17.5. The van der Waals surface area contributed by atoms with Crippen molar-refractivity contribution in [1.29, 1.82) is 5.26 Å². The minimum Gasteiger partial charge on any atom is -0.444 e. The standard InChI is InChI=1S/C32H33N5O3.C28H28N4O2.C27H27N5O2.CH4.ClH/c1-22-18-29(37(36-22)27-15-8-10-23(19-27)21-34-31(39)40-32(2,3)4)30(38)35-26-14-9-13-25(20-26)28(16-17-33)24-11-6-5-7-12-24;1-3-20-9-7-14-24(16-20)32-26(15-19(2)31-32)28(34)30-23-13-8-12-22(17-23)25(18-27(29)33)21-10-5-4-6-11-21;1-18-13-25(32(31-18)23-12-5-7-19(14-23)17-28)27(34)30-22-11-6-10-21(15-22)24(16-26(29)33)20-8-3-2-4-9-20;;/h5-15,18-20,28H,16,21H2,1-4H3,(H,34,39)(H,35,38);4-17,25H,3,18H2,1-2H3,(H2,29,33)(H,30,34);2-15,24H,16-17,28H2,1H3,(H2,29,33)(H,30,34);1H4;1H. The van der Waals surface area contributed by atoms with Gasteiger partial charge < -0.3 is 43.2 Å². The Morgan fingerprint density at radius 2 is 0.773 bits per heavy atom. The van der Waals surface area contributed by atoms with Crippen molar-refractivity contribution in [2.24, 2.45) is 17.2 Å². The first-order valence-corrected chi connectivity index (χ1v) is 35.5. The molecule has 0 fully saturated rings. The van der Waals surface area contributed by atoms with Crippen molar-refractivity contribution < 1.29 is 33.5 Å². The molecule has 12 aromatic rings. The molecule has 10 N–H and O–H groups in total. The van der Waals surface area contributed by atoms with E-state index in [1.807, 2.05) is 272 Å². The Balaban J connectivity index is 0.000000206. The summed E-state index contributed by atoms with van der Waals surface area (Å²) in [5.41, 5.74) is 32.6. The van der Waals surface area contributed by atoms with Crippen molar-refractivity contribution in [2.45, 2.75) is 118 Å². The predicted molar refractivity (Wildman–Crippen MR) is 435 cm³/mol. The summed E-state index contributed by atoms with van der Waals surface area (Å²) in [4.78, 5) is 75.5. The van der Waals surface area contributed by atoms with E-state index >= 15 is 0 Å². The molecule has 12 rings (SSSR count). The van der Waals surface area contributed by atoms with E-state index in [0.717, 1.165) is 73.7 Å². The van der Waals surface area contributed by atoms with Gasteiger partial charge in [0.15, 0.2) is 0 Å². The molecule has 0 saturated heterocycles. The Kier molecular flexibility index (Phi) is 29.3. The number of amides is 6. The molecular weight excluding hydrogens is 1400 g/mol. The number of carbonyl (C=O) groups is 6. The molecule has 0 radical (unpaired) electrons. The quantitative estimate of drug-likeness (QED) is 0.0297. The summed E-state index contributed by atoms with van der Waals surface area (Å²) in [5, 5.41) is 34.7. The van der Waals surface area contributed by atoms with Crippen molar-refractivity contribution in [3.05, 3.63) is 339 Å². The minimum absolute atomic E-state index is 0. The van der Waals surface area contributed by atoms with Gasteiger partial charge in [-0.25, -0.2) is 18.8 Å². The summed E-state index contributed by atoms with van der Waals surface area (Å²) in [6, 6.07) is 82.6.